The van der Waals surface area contributed by atoms with Gasteiger partial charge in [-0.05, 0) is 43.7 Å². The van der Waals surface area contributed by atoms with Crippen molar-refractivity contribution in [3.8, 4) is 0 Å². The zero-order valence-corrected chi connectivity index (χ0v) is 9.78. The molecule has 0 aliphatic carbocycles. The van der Waals surface area contributed by atoms with E-state index in [9.17, 15) is 9.18 Å². The first-order valence-corrected chi connectivity index (χ1v) is 5.52. The summed E-state index contributed by atoms with van der Waals surface area (Å²) in [5, 5.41) is 0. The van der Waals surface area contributed by atoms with Crippen molar-refractivity contribution in [2.45, 2.75) is 13.3 Å². The van der Waals surface area contributed by atoms with Crippen molar-refractivity contribution in [2.24, 2.45) is 5.73 Å². The molecule has 0 saturated heterocycles. The molecule has 0 aliphatic rings. The van der Waals surface area contributed by atoms with Crippen LogP contribution in [0.3, 0.4) is 0 Å². The van der Waals surface area contributed by atoms with Gasteiger partial charge in [0.05, 0.1) is 12.2 Å². The van der Waals surface area contributed by atoms with Crippen molar-refractivity contribution in [1.82, 2.24) is 0 Å². The molecule has 2 N–H and O–H groups in total. The average molecular weight is 237 g/mol. The maximum atomic E-state index is 13.1. The fourth-order valence-electron chi connectivity index (χ4n) is 1.37. The number of carbonyl (C=O) groups is 1. The molecular formula is C13H16FNO2. The van der Waals surface area contributed by atoms with Crippen LogP contribution in [0.15, 0.2) is 24.3 Å². The van der Waals surface area contributed by atoms with E-state index in [1.54, 1.807) is 19.1 Å². The fourth-order valence-corrected chi connectivity index (χ4v) is 1.37. The standard InChI is InChI=1S/C13H16FNO2/c1-2-17-13(16)12-7-6-11(14)9-10(12)5-3-4-8-15/h3,5-7,9H,2,4,8,15H2,1H3. The van der Waals surface area contributed by atoms with Crippen molar-refractivity contribution in [2.75, 3.05) is 13.2 Å². The Morgan fingerprint density at radius 1 is 1.53 bits per heavy atom. The van der Waals surface area contributed by atoms with E-state index in [1.165, 1.54) is 18.2 Å². The summed E-state index contributed by atoms with van der Waals surface area (Å²) in [5.41, 5.74) is 6.22. The molecule has 92 valence electrons. The van der Waals surface area contributed by atoms with Crippen LogP contribution < -0.4 is 5.73 Å². The van der Waals surface area contributed by atoms with Crippen LogP contribution in [0.1, 0.15) is 29.3 Å². The summed E-state index contributed by atoms with van der Waals surface area (Å²) < 4.78 is 18.0. The van der Waals surface area contributed by atoms with Crippen LogP contribution in [-0.2, 0) is 4.74 Å². The number of rotatable bonds is 5. The first kappa shape index (κ1) is 13.4. The van der Waals surface area contributed by atoms with E-state index in [2.05, 4.69) is 0 Å². The number of halogens is 1. The average Bonchev–Trinajstić information content (AvgIpc) is 2.30. The summed E-state index contributed by atoms with van der Waals surface area (Å²) in [4.78, 5) is 11.6. The van der Waals surface area contributed by atoms with Gasteiger partial charge in [-0.15, -0.1) is 0 Å². The first-order chi connectivity index (χ1) is 8.19. The monoisotopic (exact) mass is 237 g/mol. The summed E-state index contributed by atoms with van der Waals surface area (Å²) in [7, 11) is 0. The molecule has 1 aromatic rings. The predicted molar refractivity (Wildman–Crippen MR) is 65.1 cm³/mol. The van der Waals surface area contributed by atoms with Gasteiger partial charge in [0.1, 0.15) is 5.82 Å². The van der Waals surface area contributed by atoms with E-state index in [-0.39, 0.29) is 5.82 Å². The van der Waals surface area contributed by atoms with Crippen LogP contribution in [0.2, 0.25) is 0 Å². The molecular weight excluding hydrogens is 221 g/mol. The summed E-state index contributed by atoms with van der Waals surface area (Å²) in [6.07, 6.45) is 4.17. The summed E-state index contributed by atoms with van der Waals surface area (Å²) in [5.74, 6) is -0.828. The molecule has 0 spiro atoms. The Bertz CT molecular complexity index is 416. The maximum absolute atomic E-state index is 13.1. The lowest BCUT2D eigenvalue weighted by Gasteiger charge is -2.05. The van der Waals surface area contributed by atoms with Crippen LogP contribution in [-0.4, -0.2) is 19.1 Å². The van der Waals surface area contributed by atoms with Gasteiger partial charge < -0.3 is 10.5 Å². The predicted octanol–water partition coefficient (Wildman–Crippen LogP) is 2.36. The van der Waals surface area contributed by atoms with Crippen molar-refractivity contribution in [1.29, 1.82) is 0 Å². The Morgan fingerprint density at radius 3 is 2.94 bits per heavy atom. The van der Waals surface area contributed by atoms with E-state index in [0.29, 0.717) is 30.7 Å². The Balaban J connectivity index is 2.99. The van der Waals surface area contributed by atoms with E-state index < -0.39 is 5.97 Å². The molecule has 0 bridgehead atoms. The van der Waals surface area contributed by atoms with Gasteiger partial charge in [-0.1, -0.05) is 12.2 Å². The number of esters is 1. The van der Waals surface area contributed by atoms with Gasteiger partial charge in [-0.25, -0.2) is 9.18 Å². The number of carbonyl (C=O) groups excluding carboxylic acids is 1. The Hall–Kier alpha value is -1.68. The third-order valence-corrected chi connectivity index (χ3v) is 2.14. The van der Waals surface area contributed by atoms with Crippen molar-refractivity contribution in [3.63, 3.8) is 0 Å². The summed E-state index contributed by atoms with van der Waals surface area (Å²) in [6.45, 7) is 2.54. The number of ether oxygens (including phenoxy) is 1. The Morgan fingerprint density at radius 2 is 2.29 bits per heavy atom. The molecule has 1 aromatic carbocycles. The highest BCUT2D eigenvalue weighted by molar-refractivity contribution is 5.93. The highest BCUT2D eigenvalue weighted by Crippen LogP contribution is 2.15. The van der Waals surface area contributed by atoms with Crippen molar-refractivity contribution < 1.29 is 13.9 Å². The third-order valence-electron chi connectivity index (χ3n) is 2.14. The normalized spacial score (nSPS) is 10.8. The van der Waals surface area contributed by atoms with Crippen LogP contribution in [0.5, 0.6) is 0 Å². The second-order valence-corrected chi connectivity index (χ2v) is 3.43. The van der Waals surface area contributed by atoms with Gasteiger partial charge in [-0.2, -0.15) is 0 Å². The second-order valence-electron chi connectivity index (χ2n) is 3.43. The number of benzene rings is 1. The number of hydrogen-bond acceptors (Lipinski definition) is 3. The lowest BCUT2D eigenvalue weighted by Crippen LogP contribution is -2.06. The topological polar surface area (TPSA) is 52.3 Å². The van der Waals surface area contributed by atoms with E-state index >= 15 is 0 Å². The van der Waals surface area contributed by atoms with Crippen LogP contribution in [0, 0.1) is 5.82 Å². The smallest absolute Gasteiger partial charge is 0.338 e. The molecule has 0 aromatic heterocycles. The molecule has 17 heavy (non-hydrogen) atoms. The van der Waals surface area contributed by atoms with Gasteiger partial charge in [0.25, 0.3) is 0 Å². The minimum atomic E-state index is -0.445. The van der Waals surface area contributed by atoms with Gasteiger partial charge in [0, 0.05) is 0 Å². The lowest BCUT2D eigenvalue weighted by molar-refractivity contribution is 0.0526. The second kappa shape index (κ2) is 6.81. The van der Waals surface area contributed by atoms with Crippen LogP contribution in [0.25, 0.3) is 6.08 Å². The van der Waals surface area contributed by atoms with Gasteiger partial charge >= 0.3 is 5.97 Å². The lowest BCUT2D eigenvalue weighted by atomic mass is 10.1. The zero-order chi connectivity index (χ0) is 12.7. The quantitative estimate of drug-likeness (QED) is 0.800. The van der Waals surface area contributed by atoms with Gasteiger partial charge in [0.2, 0.25) is 0 Å². The minimum Gasteiger partial charge on any atom is -0.462 e. The van der Waals surface area contributed by atoms with Crippen LogP contribution >= 0.6 is 0 Å². The molecule has 0 heterocycles. The number of hydrogen-bond donors (Lipinski definition) is 1. The van der Waals surface area contributed by atoms with Crippen LogP contribution in [0.4, 0.5) is 4.39 Å². The number of nitrogens with two attached hydrogens (primary N) is 1. The third kappa shape index (κ3) is 4.00. The maximum Gasteiger partial charge on any atom is 0.338 e. The molecule has 0 atom stereocenters. The Kier molecular flexibility index (Phi) is 5.36. The van der Waals surface area contributed by atoms with Crippen molar-refractivity contribution >= 4 is 12.0 Å². The minimum absolute atomic E-state index is 0.294. The molecule has 1 rings (SSSR count). The van der Waals surface area contributed by atoms with Gasteiger partial charge in [-0.3, -0.25) is 0 Å². The van der Waals surface area contributed by atoms with Gasteiger partial charge in [0.15, 0.2) is 0 Å². The molecule has 0 saturated carbocycles. The molecule has 3 nitrogen and oxygen atoms in total. The SMILES string of the molecule is CCOC(=O)c1ccc(F)cc1C=CCCN. The van der Waals surface area contributed by atoms with E-state index in [0.717, 1.165) is 0 Å². The highest BCUT2D eigenvalue weighted by Gasteiger charge is 2.11. The molecule has 0 amide bonds. The zero-order valence-electron chi connectivity index (χ0n) is 9.78. The molecule has 0 radical (unpaired) electrons. The molecule has 0 fully saturated rings. The van der Waals surface area contributed by atoms with E-state index in [1.807, 2.05) is 0 Å². The summed E-state index contributed by atoms with van der Waals surface area (Å²) in [6, 6.07) is 3.97. The summed E-state index contributed by atoms with van der Waals surface area (Å²) >= 11 is 0. The Labute approximate surface area is 100 Å². The molecule has 4 heteroatoms. The van der Waals surface area contributed by atoms with E-state index in [4.69, 9.17) is 10.5 Å². The largest absolute Gasteiger partial charge is 0.462 e. The highest BCUT2D eigenvalue weighted by atomic mass is 19.1. The van der Waals surface area contributed by atoms with Crippen molar-refractivity contribution in [3.05, 3.63) is 41.2 Å². The fraction of sp³-hybridized carbons (Fsp3) is 0.308. The molecule has 0 unspecified atom stereocenters. The first-order valence-electron chi connectivity index (χ1n) is 5.52. The molecule has 0 aliphatic heterocycles.